The van der Waals surface area contributed by atoms with E-state index in [9.17, 15) is 20.4 Å². The minimum atomic E-state index is -1.06. The summed E-state index contributed by atoms with van der Waals surface area (Å²) in [5.74, 6) is -1.36. The molecule has 1 fully saturated rings. The molecule has 8 nitrogen and oxygen atoms in total. The summed E-state index contributed by atoms with van der Waals surface area (Å²) >= 11 is 0. The number of anilines is 4. The third kappa shape index (κ3) is 3.30. The second-order valence-electron chi connectivity index (χ2n) is 13.5. The number of phenolic OH excluding ortho intramolecular Hbond substituents is 2. The predicted molar refractivity (Wildman–Crippen MR) is 187 cm³/mol. The zero-order valence-corrected chi connectivity index (χ0v) is 25.7. The van der Waals surface area contributed by atoms with Crippen LogP contribution in [0.4, 0.5) is 22.7 Å². The van der Waals surface area contributed by atoms with E-state index in [2.05, 4.69) is 4.90 Å². The molecule has 2 atom stereocenters. The molecule has 6 aromatic carbocycles. The fourth-order valence-electron chi connectivity index (χ4n) is 9.13. The van der Waals surface area contributed by atoms with Crippen molar-refractivity contribution in [3.8, 4) is 11.5 Å². The molecule has 8 N–H and O–H groups in total. The first-order valence-corrected chi connectivity index (χ1v) is 15.9. The van der Waals surface area contributed by atoms with Gasteiger partial charge in [0.2, 0.25) is 0 Å². The first kappa shape index (κ1) is 27.4. The smallest absolute Gasteiger partial charge is 0.123 e. The summed E-state index contributed by atoms with van der Waals surface area (Å²) in [6.45, 7) is 1.72. The number of aliphatic hydroxyl groups is 2. The van der Waals surface area contributed by atoms with Gasteiger partial charge in [0.1, 0.15) is 11.5 Å². The van der Waals surface area contributed by atoms with E-state index in [1.165, 1.54) is 0 Å². The molecule has 46 heavy (non-hydrogen) atoms. The van der Waals surface area contributed by atoms with E-state index in [4.69, 9.17) is 11.5 Å². The molecule has 2 unspecified atom stereocenters. The zero-order valence-electron chi connectivity index (χ0n) is 25.7. The van der Waals surface area contributed by atoms with Gasteiger partial charge in [-0.05, 0) is 59.4 Å². The van der Waals surface area contributed by atoms with Crippen LogP contribution in [0.5, 0.6) is 11.5 Å². The Morgan fingerprint density at radius 2 is 1.09 bits per heavy atom. The lowest BCUT2D eigenvalue weighted by Crippen LogP contribution is -2.52. The topological polar surface area (TPSA) is 139 Å². The molecule has 0 radical (unpaired) electrons. The lowest BCUT2D eigenvalue weighted by molar-refractivity contribution is -0.0766. The van der Waals surface area contributed by atoms with Gasteiger partial charge in [-0.3, -0.25) is 0 Å². The highest BCUT2D eigenvalue weighted by atomic mass is 16.3. The number of hydrogen-bond donors (Lipinski definition) is 6. The maximum Gasteiger partial charge on any atom is 0.123 e. The minimum Gasteiger partial charge on any atom is -0.507 e. The molecule has 2 heterocycles. The van der Waals surface area contributed by atoms with Crippen molar-refractivity contribution in [2.45, 2.75) is 36.9 Å². The van der Waals surface area contributed by atoms with Crippen LogP contribution in [0, 0.1) is 0 Å². The largest absolute Gasteiger partial charge is 0.507 e. The fourth-order valence-corrected chi connectivity index (χ4v) is 9.13. The van der Waals surface area contributed by atoms with E-state index >= 15 is 0 Å². The summed E-state index contributed by atoms with van der Waals surface area (Å²) in [4.78, 5) is 4.39. The Labute approximate surface area is 265 Å². The number of benzene rings is 6. The van der Waals surface area contributed by atoms with Crippen molar-refractivity contribution in [2.24, 2.45) is 0 Å². The van der Waals surface area contributed by atoms with E-state index in [-0.39, 0.29) is 11.5 Å². The first-order chi connectivity index (χ1) is 22.2. The Hall–Kier alpha value is -4.92. The van der Waals surface area contributed by atoms with Crippen molar-refractivity contribution >= 4 is 65.8 Å². The molecule has 3 aliphatic rings. The monoisotopic (exact) mass is 612 g/mol. The molecule has 8 heteroatoms. The molecular weight excluding hydrogens is 576 g/mol. The number of hydrogen-bond acceptors (Lipinski definition) is 8. The highest BCUT2D eigenvalue weighted by Crippen LogP contribution is 2.60. The van der Waals surface area contributed by atoms with Crippen LogP contribution >= 0.6 is 0 Å². The molecule has 0 amide bonds. The summed E-state index contributed by atoms with van der Waals surface area (Å²) < 4.78 is 0. The number of fused-ring (bicyclic) bond motifs is 2. The van der Waals surface area contributed by atoms with Crippen LogP contribution < -0.4 is 21.3 Å². The fraction of sp³-hybridized carbons (Fsp3) is 0.263. The van der Waals surface area contributed by atoms with Crippen molar-refractivity contribution in [1.82, 2.24) is 0 Å². The number of aliphatic hydroxyl groups excluding tert-OH is 2. The molecule has 232 valence electrons. The van der Waals surface area contributed by atoms with Crippen molar-refractivity contribution in [3.05, 3.63) is 82.9 Å². The highest BCUT2D eigenvalue weighted by Gasteiger charge is 2.53. The van der Waals surface area contributed by atoms with Crippen molar-refractivity contribution in [2.75, 3.05) is 48.5 Å². The van der Waals surface area contributed by atoms with Gasteiger partial charge in [-0.1, -0.05) is 36.4 Å². The van der Waals surface area contributed by atoms with Gasteiger partial charge in [0.05, 0.1) is 23.6 Å². The summed E-state index contributed by atoms with van der Waals surface area (Å²) in [7, 11) is 3.96. The maximum absolute atomic E-state index is 12.3. The molecule has 1 aliphatic carbocycles. The van der Waals surface area contributed by atoms with Crippen LogP contribution in [0.15, 0.2) is 60.7 Å². The van der Waals surface area contributed by atoms with Gasteiger partial charge in [-0.15, -0.1) is 0 Å². The molecule has 0 spiro atoms. The summed E-state index contributed by atoms with van der Waals surface area (Å²) in [6, 6.07) is 18.9. The van der Waals surface area contributed by atoms with Gasteiger partial charge in [-0.2, -0.15) is 0 Å². The lowest BCUT2D eigenvalue weighted by Gasteiger charge is -2.49. The summed E-state index contributed by atoms with van der Waals surface area (Å²) in [5.41, 5.74) is 20.0. The average molecular weight is 613 g/mol. The number of nitrogens with two attached hydrogens (primary N) is 2. The summed E-state index contributed by atoms with van der Waals surface area (Å²) in [6.07, 6.45) is -0.459. The van der Waals surface area contributed by atoms with Gasteiger partial charge in [0, 0.05) is 93.5 Å². The number of nitrogen functional groups attached to an aromatic ring is 2. The first-order valence-electron chi connectivity index (χ1n) is 15.9. The van der Waals surface area contributed by atoms with Crippen molar-refractivity contribution in [1.29, 1.82) is 0 Å². The molecule has 0 bridgehead atoms. The van der Waals surface area contributed by atoms with Crippen LogP contribution in [0.3, 0.4) is 0 Å². The number of aromatic hydroxyl groups is 2. The van der Waals surface area contributed by atoms with E-state index in [0.717, 1.165) is 86.3 Å². The zero-order chi connectivity index (χ0) is 31.8. The van der Waals surface area contributed by atoms with E-state index in [1.54, 1.807) is 12.1 Å². The second-order valence-corrected chi connectivity index (χ2v) is 13.5. The minimum absolute atomic E-state index is 0.0756. The molecule has 0 saturated heterocycles. The molecule has 2 aliphatic heterocycles. The Morgan fingerprint density at radius 3 is 1.54 bits per heavy atom. The third-order valence-corrected chi connectivity index (χ3v) is 11.0. The van der Waals surface area contributed by atoms with Gasteiger partial charge in [0.25, 0.3) is 0 Å². The van der Waals surface area contributed by atoms with Crippen LogP contribution in [-0.2, 0) is 12.8 Å². The van der Waals surface area contributed by atoms with Gasteiger partial charge in [-0.25, -0.2) is 0 Å². The van der Waals surface area contributed by atoms with Crippen LogP contribution in [0.1, 0.15) is 34.1 Å². The van der Waals surface area contributed by atoms with Gasteiger partial charge in [0.15, 0.2) is 0 Å². The molecule has 9 rings (SSSR count). The Kier molecular flexibility index (Phi) is 5.55. The lowest BCUT2D eigenvalue weighted by atomic mass is 9.60. The molecule has 6 aromatic rings. The Morgan fingerprint density at radius 1 is 0.630 bits per heavy atom. The standard InChI is InChI=1S/C38H36N4O4/c1-41(2)35-19-5-3-7-21(39)27(19)31(28-20(35)6-4-8-22(28)40)33-37(45)34(38(33)46)32-29-23(43)11-9-17-13-15-42-16-14-18-10-12-24(44)30(32)26(18)36(42)25(17)29/h3-12,33-34,37-38,43-46H,13-16,39-40H2,1-2H3. The number of nitrogens with zero attached hydrogens (tertiary/aromatic N) is 2. The normalized spacial score (nSPS) is 21.9. The maximum atomic E-state index is 12.3. The van der Waals surface area contributed by atoms with Crippen molar-refractivity contribution < 1.29 is 20.4 Å². The molecular formula is C38H36N4O4. The third-order valence-electron chi connectivity index (χ3n) is 11.0. The van der Waals surface area contributed by atoms with Crippen LogP contribution in [0.25, 0.3) is 43.1 Å². The SMILES string of the molecule is CN(C)c1c2cccc(N)c2c(C2C(O)C(c3c4c(O)ccc5c4c4c6c(ccc(O)c36)CCN4CC5)C2O)c2c(N)cccc12. The van der Waals surface area contributed by atoms with Gasteiger partial charge < -0.3 is 41.7 Å². The number of rotatable bonds is 3. The Bertz CT molecular complexity index is 2170. The van der Waals surface area contributed by atoms with E-state index in [0.29, 0.717) is 27.7 Å². The highest BCUT2D eigenvalue weighted by molar-refractivity contribution is 6.22. The molecule has 0 aromatic heterocycles. The Balaban J connectivity index is 1.35. The quantitative estimate of drug-likeness (QED) is 0.114. The second kappa shape index (κ2) is 9.31. The van der Waals surface area contributed by atoms with Gasteiger partial charge >= 0.3 is 0 Å². The van der Waals surface area contributed by atoms with Crippen LogP contribution in [-0.4, -0.2) is 59.8 Å². The predicted octanol–water partition coefficient (Wildman–Crippen LogP) is 5.46. The average Bonchev–Trinajstić information content (AvgIpc) is 3.03. The van der Waals surface area contributed by atoms with Crippen LogP contribution in [0.2, 0.25) is 0 Å². The number of phenols is 2. The molecule has 1 saturated carbocycles. The van der Waals surface area contributed by atoms with E-state index < -0.39 is 24.0 Å². The van der Waals surface area contributed by atoms with Crippen molar-refractivity contribution in [3.63, 3.8) is 0 Å². The summed E-state index contributed by atoms with van der Waals surface area (Å²) in [5, 5.41) is 54.1. The van der Waals surface area contributed by atoms with E-state index in [1.807, 2.05) is 67.5 Å².